The number of carboxylic acids is 1. The Kier molecular flexibility index (Phi) is 7.84. The van der Waals surface area contributed by atoms with E-state index in [0.29, 0.717) is 24.6 Å². The van der Waals surface area contributed by atoms with E-state index in [9.17, 15) is 27.2 Å². The second-order valence-electron chi connectivity index (χ2n) is 9.07. The second kappa shape index (κ2) is 10.3. The van der Waals surface area contributed by atoms with Gasteiger partial charge in [0.25, 0.3) is 5.91 Å². The maximum Gasteiger partial charge on any atom is 0.490 e. The summed E-state index contributed by atoms with van der Waals surface area (Å²) in [7, 11) is 0. The summed E-state index contributed by atoms with van der Waals surface area (Å²) in [5.41, 5.74) is 0.356. The molecule has 2 N–H and O–H groups in total. The van der Waals surface area contributed by atoms with Crippen molar-refractivity contribution in [2.45, 2.75) is 44.3 Å². The molecule has 1 spiro atoms. The number of nitrogens with one attached hydrogen (secondary N) is 1. The highest BCUT2D eigenvalue weighted by molar-refractivity contribution is 5.94. The molecule has 3 fully saturated rings. The summed E-state index contributed by atoms with van der Waals surface area (Å²) in [5, 5.41) is 10.4. The number of alkyl halides is 3. The molecule has 0 unspecified atom stereocenters. The number of hydrogen-bond acceptors (Lipinski definition) is 4. The van der Waals surface area contributed by atoms with E-state index in [4.69, 9.17) is 9.90 Å². The first kappa shape index (κ1) is 25.9. The molecule has 1 aromatic rings. The van der Waals surface area contributed by atoms with Crippen LogP contribution in [0.2, 0.25) is 0 Å². The van der Waals surface area contributed by atoms with Crippen molar-refractivity contribution in [1.82, 2.24) is 15.1 Å². The van der Waals surface area contributed by atoms with Crippen molar-refractivity contribution in [3.63, 3.8) is 0 Å². The van der Waals surface area contributed by atoms with E-state index < -0.39 is 12.1 Å². The largest absolute Gasteiger partial charge is 0.490 e. The molecule has 0 aromatic heterocycles. The van der Waals surface area contributed by atoms with E-state index in [1.165, 1.54) is 37.1 Å². The third kappa shape index (κ3) is 5.68. The number of likely N-dealkylation sites (tertiary alicyclic amines) is 2. The van der Waals surface area contributed by atoms with Gasteiger partial charge in [0.15, 0.2) is 0 Å². The van der Waals surface area contributed by atoms with Crippen LogP contribution < -0.4 is 5.32 Å². The van der Waals surface area contributed by atoms with Crippen molar-refractivity contribution in [3.8, 4) is 0 Å². The Hall–Kier alpha value is -2.69. The number of carbonyl (C=O) groups is 3. The maximum atomic E-state index is 13.1. The number of hydrogen-bond donors (Lipinski definition) is 2. The monoisotopic (exact) mass is 487 g/mol. The molecular weight excluding hydrogens is 458 g/mol. The molecule has 4 rings (SSSR count). The fourth-order valence-electron chi connectivity index (χ4n) is 5.09. The average Bonchev–Trinajstić information content (AvgIpc) is 3.32. The molecule has 188 valence electrons. The molecule has 0 bridgehead atoms. The van der Waals surface area contributed by atoms with Gasteiger partial charge < -0.3 is 20.2 Å². The third-order valence-corrected chi connectivity index (χ3v) is 6.92. The molecular formula is C23H29F4N3O4. The van der Waals surface area contributed by atoms with Crippen molar-refractivity contribution >= 4 is 17.8 Å². The van der Waals surface area contributed by atoms with Crippen molar-refractivity contribution < 1.29 is 37.1 Å². The number of nitrogens with zero attached hydrogens (tertiary/aromatic N) is 2. The Morgan fingerprint density at radius 1 is 1.15 bits per heavy atom. The first-order valence-corrected chi connectivity index (χ1v) is 11.4. The predicted molar refractivity (Wildman–Crippen MR) is 114 cm³/mol. The highest BCUT2D eigenvalue weighted by Gasteiger charge is 2.57. The minimum atomic E-state index is -5.08. The maximum absolute atomic E-state index is 13.1. The number of unbranched alkanes of at least 4 members (excludes halogenated alkanes) is 1. The number of aliphatic carboxylic acids is 1. The highest BCUT2D eigenvalue weighted by Crippen LogP contribution is 2.44. The second-order valence-corrected chi connectivity index (χ2v) is 9.07. The predicted octanol–water partition coefficient (Wildman–Crippen LogP) is 2.91. The smallest absolute Gasteiger partial charge is 0.475 e. The number of halogens is 4. The summed E-state index contributed by atoms with van der Waals surface area (Å²) in [6, 6.07) is 5.73. The van der Waals surface area contributed by atoms with Gasteiger partial charge >= 0.3 is 12.1 Å². The molecule has 0 radical (unpaired) electrons. The summed E-state index contributed by atoms with van der Waals surface area (Å²) in [4.78, 5) is 38.4. The Balaban J connectivity index is 0.000000406. The molecule has 2 amide bonds. The van der Waals surface area contributed by atoms with Crippen LogP contribution in [0.5, 0.6) is 0 Å². The van der Waals surface area contributed by atoms with E-state index in [1.54, 1.807) is 0 Å². The zero-order valence-electron chi connectivity index (χ0n) is 18.9. The van der Waals surface area contributed by atoms with Crippen LogP contribution in [0.15, 0.2) is 24.3 Å². The lowest BCUT2D eigenvalue weighted by Gasteiger charge is -2.42. The number of rotatable bonds is 4. The first-order valence-electron chi connectivity index (χ1n) is 11.4. The number of amides is 2. The molecule has 2 atom stereocenters. The zero-order valence-corrected chi connectivity index (χ0v) is 18.9. The van der Waals surface area contributed by atoms with Crippen LogP contribution in [-0.4, -0.2) is 77.1 Å². The van der Waals surface area contributed by atoms with E-state index in [2.05, 4.69) is 17.1 Å². The fourth-order valence-corrected chi connectivity index (χ4v) is 5.09. The van der Waals surface area contributed by atoms with Crippen LogP contribution in [0, 0.1) is 17.7 Å². The third-order valence-electron chi connectivity index (χ3n) is 6.92. The van der Waals surface area contributed by atoms with E-state index in [-0.39, 0.29) is 29.1 Å². The van der Waals surface area contributed by atoms with Gasteiger partial charge in [-0.1, -0.05) is 13.3 Å². The van der Waals surface area contributed by atoms with E-state index >= 15 is 0 Å². The lowest BCUT2D eigenvalue weighted by molar-refractivity contribution is -0.192. The summed E-state index contributed by atoms with van der Waals surface area (Å²) < 4.78 is 44.8. The minimum Gasteiger partial charge on any atom is -0.475 e. The SMILES string of the molecule is CCCCN1C[C@H]2C(=O)NC3(CCN(C(=O)c4ccc(F)cc4)CC3)[C@H]2C1.O=C(O)C(F)(F)F. The highest BCUT2D eigenvalue weighted by atomic mass is 19.4. The molecule has 1 aromatic carbocycles. The Morgan fingerprint density at radius 3 is 2.26 bits per heavy atom. The lowest BCUT2D eigenvalue weighted by atomic mass is 9.75. The Bertz CT molecular complexity index is 898. The van der Waals surface area contributed by atoms with Crippen LogP contribution in [0.25, 0.3) is 0 Å². The summed E-state index contributed by atoms with van der Waals surface area (Å²) in [6.07, 6.45) is -1.14. The van der Waals surface area contributed by atoms with Crippen LogP contribution in [0.1, 0.15) is 43.0 Å². The zero-order chi connectivity index (χ0) is 25.1. The van der Waals surface area contributed by atoms with Crippen LogP contribution >= 0.6 is 0 Å². The molecule has 34 heavy (non-hydrogen) atoms. The number of fused-ring (bicyclic) bond motifs is 2. The summed E-state index contributed by atoms with van der Waals surface area (Å²) >= 11 is 0. The first-order chi connectivity index (χ1) is 16.0. The van der Waals surface area contributed by atoms with Gasteiger partial charge in [-0.25, -0.2) is 9.18 Å². The van der Waals surface area contributed by atoms with Gasteiger partial charge in [0.1, 0.15) is 5.82 Å². The van der Waals surface area contributed by atoms with Gasteiger partial charge in [0.2, 0.25) is 5.91 Å². The Morgan fingerprint density at radius 2 is 1.74 bits per heavy atom. The van der Waals surface area contributed by atoms with Crippen molar-refractivity contribution in [2.75, 3.05) is 32.7 Å². The Labute approximate surface area is 195 Å². The number of carbonyl (C=O) groups excluding carboxylic acids is 2. The quantitative estimate of drug-likeness (QED) is 0.638. The van der Waals surface area contributed by atoms with Crippen LogP contribution in [0.4, 0.5) is 17.6 Å². The molecule has 7 nitrogen and oxygen atoms in total. The molecule has 0 saturated carbocycles. The van der Waals surface area contributed by atoms with Gasteiger partial charge in [-0.15, -0.1) is 0 Å². The molecule has 3 saturated heterocycles. The number of piperidine rings is 1. The lowest BCUT2D eigenvalue weighted by Crippen LogP contribution is -2.56. The minimum absolute atomic E-state index is 0.0540. The van der Waals surface area contributed by atoms with Crippen LogP contribution in [0.3, 0.4) is 0 Å². The van der Waals surface area contributed by atoms with Gasteiger partial charge in [-0.05, 0) is 50.1 Å². The van der Waals surface area contributed by atoms with Gasteiger partial charge in [0, 0.05) is 43.2 Å². The standard InChI is InChI=1S/C21H28FN3O2.C2HF3O2/c1-2-3-10-24-13-17-18(14-24)21(23-19(17)26)8-11-25(12-9-21)20(27)15-4-6-16(22)7-5-15;3-2(4,5)1(6)7/h4-7,17-18H,2-3,8-14H2,1H3,(H,23,26);(H,6,7)/t17-,18+;/m1./s1. The van der Waals surface area contributed by atoms with E-state index in [0.717, 1.165) is 32.5 Å². The normalized spacial score (nSPS) is 23.8. The molecule has 3 heterocycles. The van der Waals surface area contributed by atoms with Crippen LogP contribution in [-0.2, 0) is 9.59 Å². The molecule has 0 aliphatic carbocycles. The topological polar surface area (TPSA) is 90.0 Å². The van der Waals surface area contributed by atoms with Gasteiger partial charge in [-0.2, -0.15) is 13.2 Å². The van der Waals surface area contributed by atoms with Gasteiger partial charge in [0.05, 0.1) is 5.92 Å². The van der Waals surface area contributed by atoms with Gasteiger partial charge in [-0.3, -0.25) is 9.59 Å². The molecule has 3 aliphatic rings. The fraction of sp³-hybridized carbons (Fsp3) is 0.609. The van der Waals surface area contributed by atoms with Crippen molar-refractivity contribution in [1.29, 1.82) is 0 Å². The number of carboxylic acid groups (broad SMARTS) is 1. The van der Waals surface area contributed by atoms with Crippen molar-refractivity contribution in [3.05, 3.63) is 35.6 Å². The molecule has 11 heteroatoms. The molecule has 3 aliphatic heterocycles. The van der Waals surface area contributed by atoms with E-state index in [1.807, 2.05) is 4.90 Å². The average molecular weight is 487 g/mol. The summed E-state index contributed by atoms with van der Waals surface area (Å²) in [5.74, 6) is -2.50. The number of benzene rings is 1. The van der Waals surface area contributed by atoms with Crippen molar-refractivity contribution in [2.24, 2.45) is 11.8 Å². The summed E-state index contributed by atoms with van der Waals surface area (Å²) in [6.45, 7) is 6.39.